The van der Waals surface area contributed by atoms with Crippen molar-refractivity contribution in [3.8, 4) is 11.5 Å². The summed E-state index contributed by atoms with van der Waals surface area (Å²) in [7, 11) is 0. The quantitative estimate of drug-likeness (QED) is 0.860. The van der Waals surface area contributed by atoms with Gasteiger partial charge in [0.05, 0.1) is 5.56 Å². The van der Waals surface area contributed by atoms with E-state index in [0.29, 0.717) is 17.5 Å². The highest BCUT2D eigenvalue weighted by molar-refractivity contribution is 9.10. The smallest absolute Gasteiger partial charge is 0.259 e. The van der Waals surface area contributed by atoms with Crippen molar-refractivity contribution in [1.82, 2.24) is 10.1 Å². The van der Waals surface area contributed by atoms with Crippen molar-refractivity contribution >= 4 is 21.6 Å². The van der Waals surface area contributed by atoms with Gasteiger partial charge in [0.25, 0.3) is 5.89 Å². The van der Waals surface area contributed by atoms with Crippen LogP contribution in [0.5, 0.6) is 0 Å². The SMILES string of the molecule is Nc1ccc(Br)c(-c2nc(C3CCOCC3)no2)c1. The highest BCUT2D eigenvalue weighted by Crippen LogP contribution is 2.31. The monoisotopic (exact) mass is 323 g/mol. The van der Waals surface area contributed by atoms with E-state index in [-0.39, 0.29) is 0 Å². The summed E-state index contributed by atoms with van der Waals surface area (Å²) in [5.41, 5.74) is 7.28. The highest BCUT2D eigenvalue weighted by Gasteiger charge is 2.22. The summed E-state index contributed by atoms with van der Waals surface area (Å²) in [6.45, 7) is 1.52. The summed E-state index contributed by atoms with van der Waals surface area (Å²) >= 11 is 3.47. The molecule has 0 radical (unpaired) electrons. The number of aromatic nitrogens is 2. The number of hydrogen-bond acceptors (Lipinski definition) is 5. The van der Waals surface area contributed by atoms with E-state index >= 15 is 0 Å². The Morgan fingerprint density at radius 1 is 1.26 bits per heavy atom. The van der Waals surface area contributed by atoms with E-state index in [0.717, 1.165) is 41.9 Å². The molecule has 0 saturated carbocycles. The van der Waals surface area contributed by atoms with E-state index in [1.807, 2.05) is 18.2 Å². The van der Waals surface area contributed by atoms with Crippen molar-refractivity contribution in [2.45, 2.75) is 18.8 Å². The standard InChI is InChI=1S/C13H14BrN3O2/c14-11-2-1-9(15)7-10(11)13-16-12(17-19-13)8-3-5-18-6-4-8/h1-2,7-8H,3-6,15H2. The average Bonchev–Trinajstić information content (AvgIpc) is 2.92. The summed E-state index contributed by atoms with van der Waals surface area (Å²) in [5, 5.41) is 4.08. The van der Waals surface area contributed by atoms with Crippen molar-refractivity contribution in [1.29, 1.82) is 0 Å². The molecule has 5 nitrogen and oxygen atoms in total. The molecule has 1 fully saturated rings. The summed E-state index contributed by atoms with van der Waals surface area (Å²) in [6, 6.07) is 5.53. The van der Waals surface area contributed by atoms with Crippen molar-refractivity contribution in [3.63, 3.8) is 0 Å². The number of halogens is 1. The fraction of sp³-hybridized carbons (Fsp3) is 0.385. The lowest BCUT2D eigenvalue weighted by Gasteiger charge is -2.18. The summed E-state index contributed by atoms with van der Waals surface area (Å²) < 4.78 is 11.6. The summed E-state index contributed by atoms with van der Waals surface area (Å²) in [5.74, 6) is 1.58. The number of benzene rings is 1. The zero-order valence-corrected chi connectivity index (χ0v) is 11.9. The molecule has 0 atom stereocenters. The Hall–Kier alpha value is -1.40. The highest BCUT2D eigenvalue weighted by atomic mass is 79.9. The maximum atomic E-state index is 5.79. The molecule has 100 valence electrons. The van der Waals surface area contributed by atoms with Crippen LogP contribution in [0.2, 0.25) is 0 Å². The Balaban J connectivity index is 1.89. The molecule has 19 heavy (non-hydrogen) atoms. The second-order valence-corrected chi connectivity index (χ2v) is 5.44. The minimum Gasteiger partial charge on any atom is -0.399 e. The predicted octanol–water partition coefficient (Wildman–Crippen LogP) is 2.98. The Bertz CT molecular complexity index is 579. The second kappa shape index (κ2) is 5.30. The molecule has 1 aromatic heterocycles. The van der Waals surface area contributed by atoms with Gasteiger partial charge in [-0.15, -0.1) is 0 Å². The van der Waals surface area contributed by atoms with Gasteiger partial charge in [0.15, 0.2) is 5.82 Å². The van der Waals surface area contributed by atoms with Crippen LogP contribution in [0.25, 0.3) is 11.5 Å². The number of nitrogens with zero attached hydrogens (tertiary/aromatic N) is 2. The summed E-state index contributed by atoms with van der Waals surface area (Å²) in [6.07, 6.45) is 1.88. The van der Waals surface area contributed by atoms with Crippen LogP contribution in [0.15, 0.2) is 27.2 Å². The van der Waals surface area contributed by atoms with Gasteiger partial charge in [-0.3, -0.25) is 0 Å². The molecular formula is C13H14BrN3O2. The molecule has 1 aliphatic rings. The molecule has 1 saturated heterocycles. The molecule has 2 heterocycles. The third-order valence-corrected chi connectivity index (χ3v) is 3.94. The van der Waals surface area contributed by atoms with Crippen LogP contribution >= 0.6 is 15.9 Å². The fourth-order valence-electron chi connectivity index (χ4n) is 2.17. The first-order chi connectivity index (χ1) is 9.24. The first-order valence-corrected chi connectivity index (χ1v) is 7.00. The van der Waals surface area contributed by atoms with Crippen LogP contribution in [-0.4, -0.2) is 23.4 Å². The Labute approximate surface area is 119 Å². The molecule has 0 aliphatic carbocycles. The van der Waals surface area contributed by atoms with Gasteiger partial charge in [-0.25, -0.2) is 0 Å². The van der Waals surface area contributed by atoms with Crippen LogP contribution in [0.4, 0.5) is 5.69 Å². The van der Waals surface area contributed by atoms with Crippen molar-refractivity contribution in [2.24, 2.45) is 0 Å². The van der Waals surface area contributed by atoms with E-state index in [2.05, 4.69) is 26.1 Å². The van der Waals surface area contributed by atoms with Crippen LogP contribution in [0.1, 0.15) is 24.6 Å². The average molecular weight is 324 g/mol. The molecule has 0 unspecified atom stereocenters. The third-order valence-electron chi connectivity index (χ3n) is 3.25. The number of anilines is 1. The molecule has 0 amide bonds. The predicted molar refractivity (Wildman–Crippen MR) is 74.6 cm³/mol. The van der Waals surface area contributed by atoms with E-state index in [9.17, 15) is 0 Å². The van der Waals surface area contributed by atoms with Gasteiger partial charge < -0.3 is 15.0 Å². The molecule has 1 aromatic carbocycles. The van der Waals surface area contributed by atoms with E-state index in [4.69, 9.17) is 15.0 Å². The van der Waals surface area contributed by atoms with Gasteiger partial charge >= 0.3 is 0 Å². The van der Waals surface area contributed by atoms with Crippen LogP contribution in [0, 0.1) is 0 Å². The lowest BCUT2D eigenvalue weighted by atomic mass is 10.00. The number of hydrogen-bond donors (Lipinski definition) is 1. The maximum Gasteiger partial charge on any atom is 0.259 e. The molecule has 6 heteroatoms. The van der Waals surface area contributed by atoms with Gasteiger partial charge in [0, 0.05) is 29.3 Å². The Morgan fingerprint density at radius 3 is 2.84 bits per heavy atom. The van der Waals surface area contributed by atoms with Crippen molar-refractivity contribution < 1.29 is 9.26 Å². The van der Waals surface area contributed by atoms with E-state index in [1.54, 1.807) is 0 Å². The van der Waals surface area contributed by atoms with E-state index in [1.165, 1.54) is 0 Å². The molecule has 0 bridgehead atoms. The number of nitrogen functional groups attached to an aromatic ring is 1. The van der Waals surface area contributed by atoms with Crippen LogP contribution < -0.4 is 5.73 Å². The zero-order chi connectivity index (χ0) is 13.2. The van der Waals surface area contributed by atoms with Crippen LogP contribution in [0.3, 0.4) is 0 Å². The number of ether oxygens (including phenoxy) is 1. The molecule has 3 rings (SSSR count). The van der Waals surface area contributed by atoms with Crippen molar-refractivity contribution in [3.05, 3.63) is 28.5 Å². The molecular weight excluding hydrogens is 310 g/mol. The first kappa shape index (κ1) is 12.6. The van der Waals surface area contributed by atoms with Gasteiger partial charge in [0.1, 0.15) is 0 Å². The van der Waals surface area contributed by atoms with E-state index < -0.39 is 0 Å². The Morgan fingerprint density at radius 2 is 2.05 bits per heavy atom. The van der Waals surface area contributed by atoms with Gasteiger partial charge in [-0.05, 0) is 47.0 Å². The summed E-state index contributed by atoms with van der Waals surface area (Å²) in [4.78, 5) is 4.49. The number of rotatable bonds is 2. The molecule has 2 aromatic rings. The lowest BCUT2D eigenvalue weighted by Crippen LogP contribution is -2.15. The molecule has 1 aliphatic heterocycles. The van der Waals surface area contributed by atoms with Gasteiger partial charge in [-0.2, -0.15) is 4.98 Å². The van der Waals surface area contributed by atoms with Crippen molar-refractivity contribution in [2.75, 3.05) is 18.9 Å². The minimum absolute atomic E-state index is 0.325. The normalized spacial score (nSPS) is 16.7. The minimum atomic E-state index is 0.325. The maximum absolute atomic E-state index is 5.79. The fourth-order valence-corrected chi connectivity index (χ4v) is 2.59. The number of nitrogens with two attached hydrogens (primary N) is 1. The molecule has 0 spiro atoms. The third kappa shape index (κ3) is 2.64. The second-order valence-electron chi connectivity index (χ2n) is 4.58. The van der Waals surface area contributed by atoms with Gasteiger partial charge in [-0.1, -0.05) is 5.16 Å². The topological polar surface area (TPSA) is 74.2 Å². The van der Waals surface area contributed by atoms with Gasteiger partial charge in [0.2, 0.25) is 0 Å². The largest absolute Gasteiger partial charge is 0.399 e. The lowest BCUT2D eigenvalue weighted by molar-refractivity contribution is 0.0830. The first-order valence-electron chi connectivity index (χ1n) is 6.21. The molecule has 2 N–H and O–H groups in total. The van der Waals surface area contributed by atoms with Crippen LogP contribution in [-0.2, 0) is 4.74 Å². The zero-order valence-electron chi connectivity index (χ0n) is 10.3. The Kier molecular flexibility index (Phi) is 3.52.